The number of amides is 1. The van der Waals surface area contributed by atoms with Crippen LogP contribution < -0.4 is 21.3 Å². The summed E-state index contributed by atoms with van der Waals surface area (Å²) < 4.78 is 0. The molecule has 2 aliphatic rings. The van der Waals surface area contributed by atoms with Crippen molar-refractivity contribution in [3.05, 3.63) is 65.0 Å². The highest BCUT2D eigenvalue weighted by Gasteiger charge is 2.46. The number of nitriles is 1. The molecule has 1 aliphatic heterocycles. The molecule has 1 aromatic carbocycles. The van der Waals surface area contributed by atoms with Gasteiger partial charge in [0.15, 0.2) is 0 Å². The molecule has 9 heteroatoms. The van der Waals surface area contributed by atoms with Gasteiger partial charge in [0, 0.05) is 36.4 Å². The van der Waals surface area contributed by atoms with Gasteiger partial charge in [-0.3, -0.25) is 4.79 Å². The Balaban J connectivity index is 1.45. The van der Waals surface area contributed by atoms with Gasteiger partial charge in [-0.2, -0.15) is 10.2 Å². The van der Waals surface area contributed by atoms with Crippen molar-refractivity contribution in [1.82, 2.24) is 25.6 Å². The van der Waals surface area contributed by atoms with E-state index in [9.17, 15) is 10.1 Å². The first-order valence-corrected chi connectivity index (χ1v) is 12.6. The largest absolute Gasteiger partial charge is 0.350 e. The van der Waals surface area contributed by atoms with Crippen LogP contribution in [0.5, 0.6) is 0 Å². The number of benzene rings is 1. The van der Waals surface area contributed by atoms with E-state index in [-0.39, 0.29) is 11.9 Å². The van der Waals surface area contributed by atoms with Crippen molar-refractivity contribution >= 4 is 29.2 Å². The Kier molecular flexibility index (Phi) is 6.30. The molecule has 1 saturated carbocycles. The van der Waals surface area contributed by atoms with Crippen molar-refractivity contribution in [3.8, 4) is 6.07 Å². The summed E-state index contributed by atoms with van der Waals surface area (Å²) in [5.74, 6) is 0.888. The van der Waals surface area contributed by atoms with Gasteiger partial charge in [0.05, 0.1) is 17.2 Å². The van der Waals surface area contributed by atoms with E-state index in [1.165, 1.54) is 30.2 Å². The molecule has 3 heterocycles. The highest BCUT2D eigenvalue weighted by Crippen LogP contribution is 2.50. The number of hydrogen-bond acceptors (Lipinski definition) is 8. The first kappa shape index (κ1) is 24.7. The Morgan fingerprint density at radius 1 is 1.16 bits per heavy atom. The maximum absolute atomic E-state index is 12.9. The third-order valence-electron chi connectivity index (χ3n) is 6.93. The minimum Gasteiger partial charge on any atom is -0.350 e. The molecule has 1 amide bonds. The summed E-state index contributed by atoms with van der Waals surface area (Å²) in [6.45, 7) is 9.31. The summed E-state index contributed by atoms with van der Waals surface area (Å²) in [4.78, 5) is 26.6. The van der Waals surface area contributed by atoms with Gasteiger partial charge in [-0.15, -0.1) is 0 Å². The average Bonchev–Trinajstić information content (AvgIpc) is 3.63. The zero-order chi connectivity index (χ0) is 26.2. The van der Waals surface area contributed by atoms with Gasteiger partial charge in [0.2, 0.25) is 5.95 Å². The second kappa shape index (κ2) is 9.45. The molecule has 2 aromatic heterocycles. The van der Waals surface area contributed by atoms with E-state index in [4.69, 9.17) is 0 Å². The normalized spacial score (nSPS) is 15.6. The van der Waals surface area contributed by atoms with Gasteiger partial charge >= 0.3 is 0 Å². The predicted octanol–water partition coefficient (Wildman–Crippen LogP) is 4.43. The number of carbonyl (C=O) groups excluding carboxylic acids is 1. The molecule has 0 bridgehead atoms. The highest BCUT2D eigenvalue weighted by atomic mass is 16.1. The zero-order valence-electron chi connectivity index (χ0n) is 21.6. The lowest BCUT2D eigenvalue weighted by atomic mass is 9.88. The number of carbonyl (C=O) groups is 1. The number of anilines is 4. The molecular formula is C28H32N8O. The van der Waals surface area contributed by atoms with Gasteiger partial charge < -0.3 is 21.3 Å². The van der Waals surface area contributed by atoms with E-state index in [0.717, 1.165) is 18.8 Å². The fourth-order valence-corrected chi connectivity index (χ4v) is 4.67. The molecule has 37 heavy (non-hydrogen) atoms. The van der Waals surface area contributed by atoms with E-state index in [2.05, 4.69) is 60.5 Å². The molecule has 0 atom stereocenters. The molecule has 5 rings (SSSR count). The van der Waals surface area contributed by atoms with Crippen LogP contribution in [0.4, 0.5) is 23.3 Å². The average molecular weight is 497 g/mol. The minimum absolute atomic E-state index is 0.0464. The molecule has 1 aliphatic carbocycles. The maximum atomic E-state index is 12.9. The van der Waals surface area contributed by atoms with E-state index < -0.39 is 5.41 Å². The molecular weight excluding hydrogens is 464 g/mol. The van der Waals surface area contributed by atoms with Gasteiger partial charge in [-0.25, -0.2) is 9.97 Å². The first-order chi connectivity index (χ1) is 17.7. The Bertz CT molecular complexity index is 1390. The molecule has 4 N–H and O–H groups in total. The predicted molar refractivity (Wildman–Crippen MR) is 143 cm³/mol. The summed E-state index contributed by atoms with van der Waals surface area (Å²) in [7, 11) is 0. The zero-order valence-corrected chi connectivity index (χ0v) is 21.6. The van der Waals surface area contributed by atoms with Crippen molar-refractivity contribution in [1.29, 1.82) is 5.26 Å². The number of nitrogens with one attached hydrogen (secondary N) is 4. The Labute approximate surface area is 217 Å². The van der Waals surface area contributed by atoms with E-state index >= 15 is 0 Å². The number of nitrogens with zero attached hydrogens (tertiary/aromatic N) is 4. The van der Waals surface area contributed by atoms with Crippen LogP contribution in [0.3, 0.4) is 0 Å². The lowest BCUT2D eigenvalue weighted by Gasteiger charge is -2.26. The van der Waals surface area contributed by atoms with Crippen LogP contribution in [0.25, 0.3) is 0 Å². The SMILES string of the molecule is CC(C)NC(=O)c1cnc(Nc2ccc3c(c2)CNCC32CC2)nc1Nc1cccc(C(C)(C)C#N)n1. The number of rotatable bonds is 7. The third kappa shape index (κ3) is 5.11. The van der Waals surface area contributed by atoms with Crippen LogP contribution in [-0.2, 0) is 17.4 Å². The number of fused-ring (bicyclic) bond motifs is 2. The van der Waals surface area contributed by atoms with Crippen molar-refractivity contribution in [2.45, 2.75) is 64.0 Å². The lowest BCUT2D eigenvalue weighted by Crippen LogP contribution is -2.33. The van der Waals surface area contributed by atoms with E-state index in [1.54, 1.807) is 6.07 Å². The number of pyridine rings is 1. The van der Waals surface area contributed by atoms with E-state index in [1.807, 2.05) is 39.8 Å². The second-order valence-corrected chi connectivity index (χ2v) is 10.7. The molecule has 190 valence electrons. The number of hydrogen-bond donors (Lipinski definition) is 4. The molecule has 0 unspecified atom stereocenters. The topological polar surface area (TPSA) is 128 Å². The summed E-state index contributed by atoms with van der Waals surface area (Å²) >= 11 is 0. The van der Waals surface area contributed by atoms with Crippen molar-refractivity contribution in [2.75, 3.05) is 17.2 Å². The van der Waals surface area contributed by atoms with Crippen LogP contribution in [0, 0.1) is 11.3 Å². The monoisotopic (exact) mass is 496 g/mol. The van der Waals surface area contributed by atoms with Crippen LogP contribution >= 0.6 is 0 Å². The van der Waals surface area contributed by atoms with Gasteiger partial charge in [0.25, 0.3) is 5.91 Å². The quantitative estimate of drug-likeness (QED) is 0.378. The molecule has 1 spiro atoms. The molecule has 0 saturated heterocycles. The Hall–Kier alpha value is -4.03. The van der Waals surface area contributed by atoms with Crippen molar-refractivity contribution < 1.29 is 4.79 Å². The third-order valence-corrected chi connectivity index (χ3v) is 6.93. The molecule has 1 fully saturated rings. The minimum atomic E-state index is -0.756. The van der Waals surface area contributed by atoms with Crippen LogP contribution in [0.1, 0.15) is 67.7 Å². The van der Waals surface area contributed by atoms with Crippen LogP contribution in [0.2, 0.25) is 0 Å². The van der Waals surface area contributed by atoms with Gasteiger partial charge in [-0.1, -0.05) is 12.1 Å². The summed E-state index contributed by atoms with van der Waals surface area (Å²) in [5.41, 5.74) is 4.10. The smallest absolute Gasteiger partial charge is 0.256 e. The first-order valence-electron chi connectivity index (χ1n) is 12.6. The molecule has 9 nitrogen and oxygen atoms in total. The standard InChI is InChI=1S/C28H32N8O/c1-17(2)32-25(37)20-14-31-26(33-19-8-9-21-18(12-19)13-30-16-28(21)10-11-28)36-24(20)35-23-7-5-6-22(34-23)27(3,4)15-29/h5-9,12,14,17,30H,10-11,13,16H2,1-4H3,(H,32,37)(H2,31,33,34,35,36). The number of aromatic nitrogens is 3. The maximum Gasteiger partial charge on any atom is 0.256 e. The van der Waals surface area contributed by atoms with Crippen LogP contribution in [-0.4, -0.2) is 33.4 Å². The van der Waals surface area contributed by atoms with Gasteiger partial charge in [-0.05, 0) is 75.9 Å². The van der Waals surface area contributed by atoms with E-state index in [0.29, 0.717) is 34.3 Å². The second-order valence-electron chi connectivity index (χ2n) is 10.7. The fourth-order valence-electron chi connectivity index (χ4n) is 4.67. The molecule has 0 radical (unpaired) electrons. The summed E-state index contributed by atoms with van der Waals surface area (Å²) in [5, 5.41) is 22.4. The van der Waals surface area contributed by atoms with Crippen LogP contribution in [0.15, 0.2) is 42.6 Å². The highest BCUT2D eigenvalue weighted by molar-refractivity contribution is 5.99. The summed E-state index contributed by atoms with van der Waals surface area (Å²) in [6.07, 6.45) is 3.98. The van der Waals surface area contributed by atoms with Crippen molar-refractivity contribution in [2.24, 2.45) is 0 Å². The van der Waals surface area contributed by atoms with Gasteiger partial charge in [0.1, 0.15) is 17.2 Å². The molecule has 3 aromatic rings. The lowest BCUT2D eigenvalue weighted by molar-refractivity contribution is 0.0943. The summed E-state index contributed by atoms with van der Waals surface area (Å²) in [6, 6.07) is 14.1. The Morgan fingerprint density at radius 2 is 1.97 bits per heavy atom. The fraction of sp³-hybridized carbons (Fsp3) is 0.393. The van der Waals surface area contributed by atoms with Crippen molar-refractivity contribution in [3.63, 3.8) is 0 Å². The Morgan fingerprint density at radius 3 is 2.70 bits per heavy atom.